The molecule has 3 rings (SSSR count). The van der Waals surface area contributed by atoms with Crippen molar-refractivity contribution in [2.45, 2.75) is 5.16 Å². The maximum atomic E-state index is 11.2. The van der Waals surface area contributed by atoms with E-state index in [9.17, 15) is 8.42 Å². The van der Waals surface area contributed by atoms with Crippen LogP contribution in [-0.4, -0.2) is 27.5 Å². The lowest BCUT2D eigenvalue weighted by Crippen LogP contribution is -2.06. The van der Waals surface area contributed by atoms with Gasteiger partial charge >= 0.3 is 10.1 Å². The summed E-state index contributed by atoms with van der Waals surface area (Å²) < 4.78 is 32.9. The molecule has 0 saturated carbocycles. The molecule has 0 spiro atoms. The summed E-state index contributed by atoms with van der Waals surface area (Å²) in [6.45, 7) is 0. The number of aromatic nitrogens is 3. The highest BCUT2D eigenvalue weighted by Crippen LogP contribution is 2.25. The first-order valence-electron chi connectivity index (χ1n) is 5.16. The third kappa shape index (κ3) is 1.48. The van der Waals surface area contributed by atoms with Crippen LogP contribution >= 0.6 is 0 Å². The molecule has 6 nitrogen and oxygen atoms in total. The van der Waals surface area contributed by atoms with Crippen LogP contribution in [0.3, 0.4) is 0 Å². The van der Waals surface area contributed by atoms with Crippen LogP contribution in [0.5, 0.6) is 0 Å². The van der Waals surface area contributed by atoms with Crippen molar-refractivity contribution >= 4 is 32.1 Å². The van der Waals surface area contributed by atoms with Crippen LogP contribution in [0.25, 0.3) is 21.9 Å². The molecule has 0 fully saturated rings. The normalized spacial score (nSPS) is 12.3. The summed E-state index contributed by atoms with van der Waals surface area (Å²) in [5, 5.41) is 0.384. The quantitative estimate of drug-likeness (QED) is 0.670. The first-order chi connectivity index (χ1) is 8.48. The highest BCUT2D eigenvalue weighted by molar-refractivity contribution is 7.85. The van der Waals surface area contributed by atoms with Crippen LogP contribution in [0.1, 0.15) is 0 Å². The number of hydrogen-bond donors (Lipinski definition) is 1. The fraction of sp³-hybridized carbons (Fsp3) is 0.0909. The molecule has 7 heteroatoms. The number of fused-ring (bicyclic) bond motifs is 3. The minimum absolute atomic E-state index is 0.367. The minimum atomic E-state index is -4.33. The number of pyridine rings is 1. The molecule has 92 valence electrons. The second-order valence-electron chi connectivity index (χ2n) is 3.93. The van der Waals surface area contributed by atoms with Crippen LogP contribution in [-0.2, 0) is 17.2 Å². The Bertz CT molecular complexity index is 868. The Morgan fingerprint density at radius 2 is 2.06 bits per heavy atom. The summed E-state index contributed by atoms with van der Waals surface area (Å²) in [4.78, 5) is 8.17. The molecule has 0 saturated heterocycles. The van der Waals surface area contributed by atoms with E-state index in [-0.39, 0.29) is 5.16 Å². The van der Waals surface area contributed by atoms with Crippen molar-refractivity contribution in [1.29, 1.82) is 0 Å². The van der Waals surface area contributed by atoms with Gasteiger partial charge in [-0.15, -0.1) is 0 Å². The number of aryl methyl sites for hydroxylation is 1. The summed E-state index contributed by atoms with van der Waals surface area (Å²) in [5.41, 5.74) is 1.86. The van der Waals surface area contributed by atoms with Crippen LogP contribution in [0.15, 0.2) is 35.6 Å². The maximum absolute atomic E-state index is 11.2. The highest BCUT2D eigenvalue weighted by atomic mass is 32.2. The van der Waals surface area contributed by atoms with Crippen molar-refractivity contribution < 1.29 is 13.0 Å². The molecule has 1 aromatic carbocycles. The van der Waals surface area contributed by atoms with Gasteiger partial charge in [-0.05, 0) is 24.3 Å². The molecule has 0 aliphatic heterocycles. The summed E-state index contributed by atoms with van der Waals surface area (Å²) in [5.74, 6) is 0. The van der Waals surface area contributed by atoms with Gasteiger partial charge in [0.2, 0.25) is 0 Å². The lowest BCUT2D eigenvalue weighted by molar-refractivity contribution is 0.470. The van der Waals surface area contributed by atoms with Crippen molar-refractivity contribution in [2.24, 2.45) is 7.05 Å². The van der Waals surface area contributed by atoms with Crippen molar-refractivity contribution in [3.05, 3.63) is 30.5 Å². The number of benzene rings is 1. The van der Waals surface area contributed by atoms with Crippen molar-refractivity contribution in [3.8, 4) is 0 Å². The number of rotatable bonds is 1. The Kier molecular flexibility index (Phi) is 2.16. The van der Waals surface area contributed by atoms with E-state index in [1.165, 1.54) is 4.57 Å². The van der Waals surface area contributed by atoms with Gasteiger partial charge in [-0.2, -0.15) is 8.42 Å². The Labute approximate surface area is 103 Å². The standard InChI is InChI=1S/C11H9N3O3S/c1-14-9-5-4-8-7(3-2-6-12-8)10(9)13-11(14)18(15,16)17/h2-6H,1H3,(H,15,16,17). The van der Waals surface area contributed by atoms with Gasteiger partial charge in [0, 0.05) is 18.6 Å². The third-order valence-electron chi connectivity index (χ3n) is 2.82. The van der Waals surface area contributed by atoms with Gasteiger partial charge in [0.25, 0.3) is 5.16 Å². The molecule has 0 bridgehead atoms. The van der Waals surface area contributed by atoms with Gasteiger partial charge in [0.05, 0.1) is 16.6 Å². The topological polar surface area (TPSA) is 85.1 Å². The lowest BCUT2D eigenvalue weighted by Gasteiger charge is -1.99. The monoisotopic (exact) mass is 263 g/mol. The van der Waals surface area contributed by atoms with Crippen molar-refractivity contribution in [1.82, 2.24) is 14.5 Å². The molecule has 0 aliphatic carbocycles. The molecule has 2 aromatic heterocycles. The zero-order valence-electron chi connectivity index (χ0n) is 9.40. The smallest absolute Gasteiger partial charge is 0.316 e. The van der Waals surface area contributed by atoms with E-state index in [0.29, 0.717) is 11.0 Å². The third-order valence-corrected chi connectivity index (χ3v) is 3.65. The molecule has 0 unspecified atom stereocenters. The highest BCUT2D eigenvalue weighted by Gasteiger charge is 2.20. The maximum Gasteiger partial charge on any atom is 0.328 e. The van der Waals surface area contributed by atoms with Crippen molar-refractivity contribution in [2.75, 3.05) is 0 Å². The summed E-state index contributed by atoms with van der Waals surface area (Å²) >= 11 is 0. The predicted molar refractivity (Wildman–Crippen MR) is 65.8 cm³/mol. The van der Waals surface area contributed by atoms with Gasteiger partial charge in [-0.1, -0.05) is 0 Å². The van der Waals surface area contributed by atoms with E-state index in [1.54, 1.807) is 31.4 Å². The Balaban J connectivity index is 2.54. The fourth-order valence-corrected chi connectivity index (χ4v) is 2.67. The molecule has 0 radical (unpaired) electrons. The van der Waals surface area contributed by atoms with Crippen LogP contribution in [0.2, 0.25) is 0 Å². The first kappa shape index (κ1) is 11.1. The zero-order valence-corrected chi connectivity index (χ0v) is 10.2. The first-order valence-corrected chi connectivity index (χ1v) is 6.60. The average Bonchev–Trinajstić information content (AvgIpc) is 2.67. The molecule has 1 N–H and O–H groups in total. The number of nitrogens with zero attached hydrogens (tertiary/aromatic N) is 3. The van der Waals surface area contributed by atoms with E-state index in [4.69, 9.17) is 4.55 Å². The van der Waals surface area contributed by atoms with E-state index < -0.39 is 10.1 Å². The molecular weight excluding hydrogens is 254 g/mol. The molecule has 2 heterocycles. The summed E-state index contributed by atoms with van der Waals surface area (Å²) in [6, 6.07) is 7.08. The molecule has 0 aliphatic rings. The second kappa shape index (κ2) is 3.50. The minimum Gasteiger partial charge on any atom is -0.316 e. The van der Waals surface area contributed by atoms with E-state index in [1.807, 2.05) is 6.07 Å². The summed E-state index contributed by atoms with van der Waals surface area (Å²) in [7, 11) is -2.79. The van der Waals surface area contributed by atoms with Crippen molar-refractivity contribution in [3.63, 3.8) is 0 Å². The lowest BCUT2D eigenvalue weighted by atomic mass is 10.2. The number of hydrogen-bond acceptors (Lipinski definition) is 4. The second-order valence-corrected chi connectivity index (χ2v) is 5.25. The molecule has 0 atom stereocenters. The van der Waals surface area contributed by atoms with Crippen LogP contribution < -0.4 is 0 Å². The molecule has 18 heavy (non-hydrogen) atoms. The van der Waals surface area contributed by atoms with Crippen LogP contribution in [0, 0.1) is 0 Å². The fourth-order valence-electron chi connectivity index (χ4n) is 2.02. The number of imidazole rings is 1. The Hall–Kier alpha value is -1.99. The van der Waals surface area contributed by atoms with Gasteiger partial charge in [0.1, 0.15) is 0 Å². The molecular formula is C11H9N3O3S. The Morgan fingerprint density at radius 1 is 1.28 bits per heavy atom. The zero-order chi connectivity index (χ0) is 12.9. The average molecular weight is 263 g/mol. The molecule has 0 amide bonds. The van der Waals surface area contributed by atoms with Crippen LogP contribution in [0.4, 0.5) is 0 Å². The largest absolute Gasteiger partial charge is 0.328 e. The van der Waals surface area contributed by atoms with E-state index in [0.717, 1.165) is 10.9 Å². The van der Waals surface area contributed by atoms with Gasteiger partial charge in [0.15, 0.2) is 0 Å². The van der Waals surface area contributed by atoms with E-state index in [2.05, 4.69) is 9.97 Å². The van der Waals surface area contributed by atoms with Gasteiger partial charge < -0.3 is 4.57 Å². The molecule has 3 aromatic rings. The van der Waals surface area contributed by atoms with Gasteiger partial charge in [-0.25, -0.2) is 4.98 Å². The van der Waals surface area contributed by atoms with E-state index >= 15 is 0 Å². The van der Waals surface area contributed by atoms with Gasteiger partial charge in [-0.3, -0.25) is 9.54 Å². The summed E-state index contributed by atoms with van der Waals surface area (Å²) in [6.07, 6.45) is 1.65. The SMILES string of the molecule is Cn1c(S(=O)(=O)O)nc2c3cccnc3ccc21. The Morgan fingerprint density at radius 3 is 2.78 bits per heavy atom. The predicted octanol–water partition coefficient (Wildman–Crippen LogP) is 1.37.